The first kappa shape index (κ1) is 31.0. The molecule has 12 heteroatoms. The summed E-state index contributed by atoms with van der Waals surface area (Å²) in [5.74, 6) is -0.930. The van der Waals surface area contributed by atoms with Gasteiger partial charge in [0.2, 0.25) is 12.0 Å². The quantitative estimate of drug-likeness (QED) is 0.422. The summed E-state index contributed by atoms with van der Waals surface area (Å²) in [5.41, 5.74) is -0.0906. The Morgan fingerprint density at radius 1 is 1.24 bits per heavy atom. The molecule has 3 unspecified atom stereocenters. The van der Waals surface area contributed by atoms with Gasteiger partial charge in [-0.3, -0.25) is 19.3 Å². The zero-order valence-corrected chi connectivity index (χ0v) is 19.0. The highest BCUT2D eigenvalue weighted by molar-refractivity contribution is 5.82. The van der Waals surface area contributed by atoms with Crippen molar-refractivity contribution in [2.45, 2.75) is 57.0 Å². The number of amides is 1. The van der Waals surface area contributed by atoms with E-state index < -0.39 is 24.9 Å². The Balaban J connectivity index is 0.000000557. The highest BCUT2D eigenvalue weighted by Gasteiger charge is 2.42. The highest BCUT2D eigenvalue weighted by atomic mass is 19.4. The number of carboxylic acids is 1. The number of carbonyl (C=O) groups excluding carboxylic acids is 3. The maximum atomic E-state index is 12.3. The second-order valence-corrected chi connectivity index (χ2v) is 7.39. The average Bonchev–Trinajstić information content (AvgIpc) is 2.77. The van der Waals surface area contributed by atoms with Crippen LogP contribution in [0.5, 0.6) is 0 Å². The second kappa shape index (κ2) is 16.6. The zero-order chi connectivity index (χ0) is 26.1. The lowest BCUT2D eigenvalue weighted by atomic mass is 10.0. The van der Waals surface area contributed by atoms with Crippen molar-refractivity contribution in [2.75, 3.05) is 20.3 Å². The van der Waals surface area contributed by atoms with E-state index in [0.29, 0.717) is 0 Å². The minimum Gasteiger partial charge on any atom is -0.481 e. The molecule has 0 spiro atoms. The van der Waals surface area contributed by atoms with Crippen molar-refractivity contribution in [1.82, 2.24) is 10.2 Å². The number of aliphatic carboxylic acids is 1. The summed E-state index contributed by atoms with van der Waals surface area (Å²) in [5, 5.41) is 11.3. The number of piperidine rings is 1. The Labute approximate surface area is 195 Å². The van der Waals surface area contributed by atoms with Gasteiger partial charge < -0.3 is 20.0 Å². The fraction of sp³-hybridized carbons (Fsp3) is 0.545. The molecule has 3 atom stereocenters. The maximum absolute atomic E-state index is 12.3. The van der Waals surface area contributed by atoms with E-state index in [9.17, 15) is 31.9 Å². The van der Waals surface area contributed by atoms with Crippen molar-refractivity contribution in [3.63, 3.8) is 0 Å². The van der Waals surface area contributed by atoms with Crippen LogP contribution < -0.4 is 5.32 Å². The summed E-state index contributed by atoms with van der Waals surface area (Å²) in [6, 6.07) is 6.58. The smallest absolute Gasteiger partial charge is 0.429 e. The molecular formula is C22H30F4N2O6. The van der Waals surface area contributed by atoms with Gasteiger partial charge in [-0.25, -0.2) is 4.39 Å². The first-order valence-electron chi connectivity index (χ1n) is 10.4. The number of alkyl halides is 4. The predicted octanol–water partition coefficient (Wildman–Crippen LogP) is 3.07. The SMILES string of the molecule is CC(CC(=O)O)NC(=O)C1CCCCN1C.O=CCF.O=COC(c1ccccc1)C(F)(F)F. The van der Waals surface area contributed by atoms with E-state index in [1.807, 2.05) is 11.9 Å². The molecule has 1 heterocycles. The van der Waals surface area contributed by atoms with Crippen LogP contribution in [0.25, 0.3) is 0 Å². The number of ether oxygens (including phenoxy) is 1. The van der Waals surface area contributed by atoms with Gasteiger partial charge in [0.15, 0.2) is 6.29 Å². The van der Waals surface area contributed by atoms with Crippen LogP contribution >= 0.6 is 0 Å². The number of hydrogen-bond donors (Lipinski definition) is 2. The maximum Gasteiger partial charge on any atom is 0.429 e. The van der Waals surface area contributed by atoms with Gasteiger partial charge >= 0.3 is 12.1 Å². The van der Waals surface area contributed by atoms with Crippen LogP contribution in [-0.2, 0) is 23.9 Å². The van der Waals surface area contributed by atoms with E-state index in [4.69, 9.17) is 9.90 Å². The summed E-state index contributed by atoms with van der Waals surface area (Å²) in [4.78, 5) is 43.1. The molecule has 34 heavy (non-hydrogen) atoms. The van der Waals surface area contributed by atoms with Crippen molar-refractivity contribution in [3.8, 4) is 0 Å². The molecule has 1 aliphatic rings. The topological polar surface area (TPSA) is 113 Å². The number of halogens is 4. The lowest BCUT2D eigenvalue weighted by Gasteiger charge is -2.32. The molecule has 1 saturated heterocycles. The fourth-order valence-corrected chi connectivity index (χ4v) is 3.09. The van der Waals surface area contributed by atoms with Crippen molar-refractivity contribution in [1.29, 1.82) is 0 Å². The molecule has 0 aliphatic carbocycles. The molecule has 1 aromatic rings. The Bertz CT molecular complexity index is 749. The molecule has 2 N–H and O–H groups in total. The van der Waals surface area contributed by atoms with E-state index in [-0.39, 0.29) is 42.7 Å². The van der Waals surface area contributed by atoms with Crippen LogP contribution in [0.2, 0.25) is 0 Å². The number of likely N-dealkylation sites (N-methyl/N-ethyl adjacent to an activating group) is 1. The molecule has 1 aliphatic heterocycles. The molecule has 0 aromatic heterocycles. The predicted molar refractivity (Wildman–Crippen MR) is 115 cm³/mol. The number of benzene rings is 1. The van der Waals surface area contributed by atoms with Gasteiger partial charge in [0.1, 0.15) is 6.67 Å². The molecule has 2 rings (SSSR count). The monoisotopic (exact) mass is 494 g/mol. The largest absolute Gasteiger partial charge is 0.481 e. The first-order chi connectivity index (χ1) is 16.0. The fourth-order valence-electron chi connectivity index (χ4n) is 3.09. The first-order valence-corrected chi connectivity index (χ1v) is 10.4. The van der Waals surface area contributed by atoms with Crippen molar-refractivity contribution >= 4 is 24.6 Å². The Morgan fingerprint density at radius 2 is 1.82 bits per heavy atom. The molecule has 0 bridgehead atoms. The minimum absolute atomic E-state index is 0.0256. The molecule has 0 saturated carbocycles. The van der Waals surface area contributed by atoms with Gasteiger partial charge in [-0.2, -0.15) is 13.2 Å². The summed E-state index contributed by atoms with van der Waals surface area (Å²) in [6.07, 6.45) is -3.52. The third-order valence-corrected chi connectivity index (χ3v) is 4.60. The molecule has 8 nitrogen and oxygen atoms in total. The Kier molecular flexibility index (Phi) is 15.1. The second-order valence-electron chi connectivity index (χ2n) is 7.39. The highest BCUT2D eigenvalue weighted by Crippen LogP contribution is 2.34. The summed E-state index contributed by atoms with van der Waals surface area (Å²) < 4.78 is 51.3. The van der Waals surface area contributed by atoms with Crippen LogP contribution in [0.4, 0.5) is 17.6 Å². The molecule has 1 aromatic carbocycles. The van der Waals surface area contributed by atoms with Gasteiger partial charge in [0.25, 0.3) is 6.47 Å². The summed E-state index contributed by atoms with van der Waals surface area (Å²) in [7, 11) is 1.94. The van der Waals surface area contributed by atoms with E-state index in [1.54, 1.807) is 13.0 Å². The van der Waals surface area contributed by atoms with E-state index in [0.717, 1.165) is 25.8 Å². The van der Waals surface area contributed by atoms with E-state index >= 15 is 0 Å². The van der Waals surface area contributed by atoms with Crippen LogP contribution in [0.1, 0.15) is 44.3 Å². The molecule has 0 radical (unpaired) electrons. The Hall–Kier alpha value is -3.02. The molecule has 1 fully saturated rings. The number of likely N-dealkylation sites (tertiary alicyclic amines) is 1. The van der Waals surface area contributed by atoms with Crippen molar-refractivity contribution < 1.29 is 46.6 Å². The third-order valence-electron chi connectivity index (χ3n) is 4.60. The number of carboxylic acid groups (broad SMARTS) is 1. The average molecular weight is 494 g/mol. The number of aldehydes is 1. The van der Waals surface area contributed by atoms with E-state index in [2.05, 4.69) is 10.1 Å². The minimum atomic E-state index is -4.58. The number of carbonyl (C=O) groups is 4. The standard InChI is InChI=1S/C11H20N2O3.C9H7F3O2.C2H3FO/c1-8(7-10(14)15)12-11(16)9-5-3-4-6-13(9)2;10-9(11,12)8(14-6-13)7-4-2-1-3-5-7;3-1-2-4/h8-9H,3-7H2,1-2H3,(H,12,16)(H,14,15);1-6,8H;2H,1H2. The lowest BCUT2D eigenvalue weighted by Crippen LogP contribution is -2.50. The van der Waals surface area contributed by atoms with Crippen LogP contribution in [-0.4, -0.2) is 73.2 Å². The summed E-state index contributed by atoms with van der Waals surface area (Å²) >= 11 is 0. The van der Waals surface area contributed by atoms with Gasteiger partial charge in [-0.1, -0.05) is 36.8 Å². The third kappa shape index (κ3) is 12.9. The number of rotatable bonds is 8. The molecular weight excluding hydrogens is 464 g/mol. The van der Waals surface area contributed by atoms with Gasteiger partial charge in [0, 0.05) is 11.6 Å². The van der Waals surface area contributed by atoms with Gasteiger partial charge in [-0.15, -0.1) is 0 Å². The number of nitrogens with one attached hydrogen (secondary N) is 1. The Morgan fingerprint density at radius 3 is 2.26 bits per heavy atom. The molecule has 192 valence electrons. The zero-order valence-electron chi connectivity index (χ0n) is 19.0. The number of nitrogens with zero attached hydrogens (tertiary/aromatic N) is 1. The van der Waals surface area contributed by atoms with Crippen LogP contribution in [0, 0.1) is 0 Å². The van der Waals surface area contributed by atoms with Gasteiger partial charge in [0.05, 0.1) is 12.5 Å². The van der Waals surface area contributed by atoms with Crippen LogP contribution in [0.3, 0.4) is 0 Å². The van der Waals surface area contributed by atoms with Crippen molar-refractivity contribution in [3.05, 3.63) is 35.9 Å². The number of hydrogen-bond acceptors (Lipinski definition) is 6. The van der Waals surface area contributed by atoms with Crippen LogP contribution in [0.15, 0.2) is 30.3 Å². The van der Waals surface area contributed by atoms with E-state index in [1.165, 1.54) is 24.3 Å². The lowest BCUT2D eigenvalue weighted by molar-refractivity contribution is -0.217. The molecule has 1 amide bonds. The van der Waals surface area contributed by atoms with Crippen molar-refractivity contribution in [2.24, 2.45) is 0 Å². The van der Waals surface area contributed by atoms with Gasteiger partial charge in [-0.05, 0) is 33.4 Å². The normalized spacial score (nSPS) is 17.4. The summed E-state index contributed by atoms with van der Waals surface area (Å²) in [6.45, 7) is 1.59.